The maximum Gasteiger partial charge on any atom is 0.236 e. The first-order valence-corrected chi connectivity index (χ1v) is 11.3. The number of likely N-dealkylation sites (N-methyl/N-ethyl adjacent to an activating group) is 1. The molecule has 2 aliphatic heterocycles. The molecule has 2 heterocycles. The second kappa shape index (κ2) is 10.4. The number of benzene rings is 1. The van der Waals surface area contributed by atoms with Crippen LogP contribution in [0.3, 0.4) is 0 Å². The van der Waals surface area contributed by atoms with Crippen LogP contribution in [0.5, 0.6) is 11.5 Å². The smallest absolute Gasteiger partial charge is 0.236 e. The van der Waals surface area contributed by atoms with Crippen molar-refractivity contribution in [2.75, 3.05) is 54.5 Å². The van der Waals surface area contributed by atoms with Crippen LogP contribution >= 0.6 is 0 Å². The van der Waals surface area contributed by atoms with E-state index in [1.165, 1.54) is 0 Å². The van der Waals surface area contributed by atoms with Crippen molar-refractivity contribution < 1.29 is 19.1 Å². The van der Waals surface area contributed by atoms with E-state index >= 15 is 0 Å². The summed E-state index contributed by atoms with van der Waals surface area (Å²) in [7, 11) is 6.90. The van der Waals surface area contributed by atoms with Gasteiger partial charge in [-0.05, 0) is 56.7 Å². The highest BCUT2D eigenvalue weighted by molar-refractivity contribution is 5.78. The lowest BCUT2D eigenvalue weighted by atomic mass is 9.87. The monoisotopic (exact) mass is 431 g/mol. The molecule has 2 amide bonds. The zero-order valence-corrected chi connectivity index (χ0v) is 19.5. The topological polar surface area (TPSA) is 62.3 Å². The third kappa shape index (κ3) is 5.50. The minimum Gasteiger partial charge on any atom is -0.497 e. The van der Waals surface area contributed by atoms with Gasteiger partial charge in [0.05, 0.1) is 20.8 Å². The van der Waals surface area contributed by atoms with Crippen molar-refractivity contribution in [1.82, 2.24) is 14.7 Å². The van der Waals surface area contributed by atoms with Crippen LogP contribution in [0.1, 0.15) is 44.1 Å². The summed E-state index contributed by atoms with van der Waals surface area (Å²) in [5.74, 6) is 1.86. The minimum absolute atomic E-state index is 0.0693. The van der Waals surface area contributed by atoms with Crippen LogP contribution in [-0.2, 0) is 16.0 Å². The highest BCUT2D eigenvalue weighted by Crippen LogP contribution is 2.38. The number of nitrogens with zero attached hydrogens (tertiary/aromatic N) is 3. The first kappa shape index (κ1) is 23.4. The zero-order chi connectivity index (χ0) is 22.4. The Morgan fingerprint density at radius 3 is 2.45 bits per heavy atom. The normalized spacial score (nSPS) is 21.7. The van der Waals surface area contributed by atoms with E-state index in [-0.39, 0.29) is 17.4 Å². The second-order valence-electron chi connectivity index (χ2n) is 8.95. The Morgan fingerprint density at radius 2 is 1.77 bits per heavy atom. The number of carbonyl (C=O) groups excluding carboxylic acids is 2. The second-order valence-corrected chi connectivity index (χ2v) is 8.95. The molecule has 7 heteroatoms. The molecule has 0 saturated carbocycles. The van der Waals surface area contributed by atoms with E-state index < -0.39 is 0 Å². The number of carbonyl (C=O) groups is 2. The van der Waals surface area contributed by atoms with E-state index in [9.17, 15) is 9.59 Å². The number of methoxy groups -OCH3 is 2. The number of hydrogen-bond acceptors (Lipinski definition) is 5. The largest absolute Gasteiger partial charge is 0.497 e. The van der Waals surface area contributed by atoms with Crippen LogP contribution in [0, 0.1) is 0 Å². The van der Waals surface area contributed by atoms with Gasteiger partial charge in [0.2, 0.25) is 11.8 Å². The average Bonchev–Trinajstić information content (AvgIpc) is 3.01. The fraction of sp³-hybridized carbons (Fsp3) is 0.667. The maximum atomic E-state index is 13.0. The molecule has 1 atom stereocenters. The number of aryl methyl sites for hydroxylation is 1. The Labute approximate surface area is 186 Å². The number of ether oxygens (including phenoxy) is 2. The van der Waals surface area contributed by atoms with Crippen LogP contribution < -0.4 is 9.47 Å². The fourth-order valence-corrected chi connectivity index (χ4v) is 5.00. The third-order valence-electron chi connectivity index (χ3n) is 6.94. The van der Waals surface area contributed by atoms with E-state index in [0.29, 0.717) is 19.4 Å². The van der Waals surface area contributed by atoms with E-state index in [2.05, 4.69) is 4.90 Å². The number of amides is 2. The Kier molecular flexibility index (Phi) is 7.81. The Balaban J connectivity index is 1.58. The lowest BCUT2D eigenvalue weighted by molar-refractivity contribution is -0.132. The number of likely N-dealkylation sites (tertiary alicyclic amines) is 2. The van der Waals surface area contributed by atoms with Gasteiger partial charge < -0.3 is 19.3 Å². The summed E-state index contributed by atoms with van der Waals surface area (Å²) in [4.78, 5) is 31.4. The third-order valence-corrected chi connectivity index (χ3v) is 6.94. The van der Waals surface area contributed by atoms with Gasteiger partial charge in [0.1, 0.15) is 11.5 Å². The summed E-state index contributed by atoms with van der Waals surface area (Å²) in [5, 5.41) is 0. The van der Waals surface area contributed by atoms with Crippen LogP contribution in [0.2, 0.25) is 0 Å². The van der Waals surface area contributed by atoms with Crippen LogP contribution in [0.25, 0.3) is 0 Å². The molecular weight excluding hydrogens is 394 g/mol. The zero-order valence-electron chi connectivity index (χ0n) is 19.5. The number of hydrogen-bond donors (Lipinski definition) is 0. The van der Waals surface area contributed by atoms with Gasteiger partial charge in [-0.3, -0.25) is 14.5 Å². The molecule has 1 aromatic carbocycles. The molecule has 1 aromatic rings. The van der Waals surface area contributed by atoms with Gasteiger partial charge >= 0.3 is 0 Å². The molecule has 172 valence electrons. The first-order chi connectivity index (χ1) is 14.9. The van der Waals surface area contributed by atoms with Gasteiger partial charge in [-0.25, -0.2) is 0 Å². The van der Waals surface area contributed by atoms with E-state index in [4.69, 9.17) is 9.47 Å². The van der Waals surface area contributed by atoms with E-state index in [1.54, 1.807) is 19.1 Å². The van der Waals surface area contributed by atoms with Gasteiger partial charge in [0.25, 0.3) is 0 Å². The predicted molar refractivity (Wildman–Crippen MR) is 121 cm³/mol. The van der Waals surface area contributed by atoms with Crippen molar-refractivity contribution in [2.24, 2.45) is 0 Å². The molecule has 2 aliphatic rings. The quantitative estimate of drug-likeness (QED) is 0.664. The van der Waals surface area contributed by atoms with Crippen LogP contribution in [-0.4, -0.2) is 86.5 Å². The number of rotatable bonds is 7. The summed E-state index contributed by atoms with van der Waals surface area (Å²) in [6.45, 7) is 3.03. The molecule has 0 aliphatic carbocycles. The average molecular weight is 432 g/mol. The predicted octanol–water partition coefficient (Wildman–Crippen LogP) is 2.57. The standard InChI is InChI=1S/C24H37N3O4/c1-25(2)23(29)18-27-15-6-12-24(27)11-5-14-26(16-13-24)22(28)10-8-19-7-9-20(30-3)17-21(19)31-4/h7,9,17H,5-6,8,10-16,18H2,1-4H3/t24-/m0/s1. The lowest BCUT2D eigenvalue weighted by Gasteiger charge is -2.38. The molecule has 2 fully saturated rings. The SMILES string of the molecule is COc1ccc(CCC(=O)N2CCC[C@]3(CCCN3CC(=O)N(C)C)CC2)c(OC)c1. The fourth-order valence-electron chi connectivity index (χ4n) is 5.00. The van der Waals surface area contributed by atoms with Crippen molar-refractivity contribution in [1.29, 1.82) is 0 Å². The van der Waals surface area contributed by atoms with Crippen molar-refractivity contribution >= 4 is 11.8 Å². The van der Waals surface area contributed by atoms with Crippen LogP contribution in [0.4, 0.5) is 0 Å². The molecule has 1 spiro atoms. The molecule has 3 rings (SSSR count). The molecule has 31 heavy (non-hydrogen) atoms. The molecule has 7 nitrogen and oxygen atoms in total. The molecular formula is C24H37N3O4. The Morgan fingerprint density at radius 1 is 1.03 bits per heavy atom. The molecule has 2 saturated heterocycles. The van der Waals surface area contributed by atoms with E-state index in [1.807, 2.05) is 37.2 Å². The lowest BCUT2D eigenvalue weighted by Crippen LogP contribution is -2.48. The van der Waals surface area contributed by atoms with Crippen molar-refractivity contribution in [3.05, 3.63) is 23.8 Å². The van der Waals surface area contributed by atoms with Gasteiger partial charge in [-0.15, -0.1) is 0 Å². The van der Waals surface area contributed by atoms with Crippen molar-refractivity contribution in [3.63, 3.8) is 0 Å². The molecule has 0 bridgehead atoms. The maximum absolute atomic E-state index is 13.0. The summed E-state index contributed by atoms with van der Waals surface area (Å²) >= 11 is 0. The first-order valence-electron chi connectivity index (χ1n) is 11.3. The highest BCUT2D eigenvalue weighted by Gasteiger charge is 2.42. The summed E-state index contributed by atoms with van der Waals surface area (Å²) in [5.41, 5.74) is 1.09. The van der Waals surface area contributed by atoms with Gasteiger partial charge in [0, 0.05) is 45.2 Å². The highest BCUT2D eigenvalue weighted by atomic mass is 16.5. The molecule has 0 radical (unpaired) electrons. The summed E-state index contributed by atoms with van der Waals surface area (Å²) in [6.07, 6.45) is 6.37. The van der Waals surface area contributed by atoms with Crippen molar-refractivity contribution in [3.8, 4) is 11.5 Å². The Bertz CT molecular complexity index is 782. The van der Waals surface area contributed by atoms with Gasteiger partial charge in [-0.2, -0.15) is 0 Å². The summed E-state index contributed by atoms with van der Waals surface area (Å²) in [6, 6.07) is 5.74. The Hall–Kier alpha value is -2.28. The van der Waals surface area contributed by atoms with Gasteiger partial charge in [0.15, 0.2) is 0 Å². The van der Waals surface area contributed by atoms with Gasteiger partial charge in [-0.1, -0.05) is 6.07 Å². The van der Waals surface area contributed by atoms with Crippen LogP contribution in [0.15, 0.2) is 18.2 Å². The molecule has 0 N–H and O–H groups in total. The van der Waals surface area contributed by atoms with Crippen molar-refractivity contribution in [2.45, 2.75) is 50.5 Å². The molecule has 0 aromatic heterocycles. The minimum atomic E-state index is 0.0693. The summed E-state index contributed by atoms with van der Waals surface area (Å²) < 4.78 is 10.7. The molecule has 0 unspecified atom stereocenters. The van der Waals surface area contributed by atoms with E-state index in [0.717, 1.165) is 68.8 Å².